The van der Waals surface area contributed by atoms with Crippen LogP contribution in [-0.4, -0.2) is 23.9 Å². The number of rotatable bonds is 3. The highest BCUT2D eigenvalue weighted by molar-refractivity contribution is 9.09. The molecule has 2 rings (SSSR count). The molecule has 1 aliphatic heterocycles. The van der Waals surface area contributed by atoms with E-state index in [0.717, 1.165) is 29.7 Å². The number of ether oxygens (including phenoxy) is 1. The van der Waals surface area contributed by atoms with E-state index >= 15 is 0 Å². The van der Waals surface area contributed by atoms with E-state index in [0.29, 0.717) is 5.56 Å². The average Bonchev–Trinajstić information content (AvgIpc) is 2.75. The van der Waals surface area contributed by atoms with Gasteiger partial charge in [0.2, 0.25) is 0 Å². The first-order chi connectivity index (χ1) is 7.70. The Balaban J connectivity index is 2.12. The number of carbonyl (C=O) groups is 1. The Morgan fingerprint density at radius 2 is 2.44 bits per heavy atom. The highest BCUT2D eigenvalue weighted by Crippen LogP contribution is 2.25. The molecule has 1 N–H and O–H groups in total. The van der Waals surface area contributed by atoms with Gasteiger partial charge < -0.3 is 10.1 Å². The maximum Gasteiger partial charge on any atom is 0.251 e. The van der Waals surface area contributed by atoms with Gasteiger partial charge in [0, 0.05) is 23.4 Å². The minimum Gasteiger partial charge on any atom is -0.493 e. The van der Waals surface area contributed by atoms with Gasteiger partial charge in [-0.3, -0.25) is 4.79 Å². The molecule has 1 atom stereocenters. The van der Waals surface area contributed by atoms with Crippen LogP contribution in [0.4, 0.5) is 0 Å². The van der Waals surface area contributed by atoms with E-state index in [9.17, 15) is 4.79 Å². The molecule has 1 amide bonds. The van der Waals surface area contributed by atoms with Gasteiger partial charge in [-0.05, 0) is 30.7 Å². The van der Waals surface area contributed by atoms with Gasteiger partial charge in [0.05, 0.1) is 6.61 Å². The van der Waals surface area contributed by atoms with E-state index in [2.05, 4.69) is 21.2 Å². The van der Waals surface area contributed by atoms with Crippen molar-refractivity contribution in [2.75, 3.05) is 11.9 Å². The predicted octanol–water partition coefficient (Wildman–Crippen LogP) is 2.13. The van der Waals surface area contributed by atoms with Crippen LogP contribution in [0.2, 0.25) is 0 Å². The van der Waals surface area contributed by atoms with E-state index in [1.54, 1.807) is 6.07 Å². The van der Waals surface area contributed by atoms with Crippen LogP contribution in [0.1, 0.15) is 22.8 Å². The van der Waals surface area contributed by atoms with Crippen LogP contribution in [-0.2, 0) is 6.42 Å². The summed E-state index contributed by atoms with van der Waals surface area (Å²) in [7, 11) is 0. The highest BCUT2D eigenvalue weighted by atomic mass is 79.9. The molecule has 0 saturated carbocycles. The lowest BCUT2D eigenvalue weighted by Gasteiger charge is -2.11. The number of hydrogen-bond acceptors (Lipinski definition) is 2. The van der Waals surface area contributed by atoms with Crippen molar-refractivity contribution in [3.05, 3.63) is 29.3 Å². The fraction of sp³-hybridized carbons (Fsp3) is 0.417. The third kappa shape index (κ3) is 2.38. The van der Waals surface area contributed by atoms with E-state index in [1.165, 1.54) is 0 Å². The van der Waals surface area contributed by atoms with E-state index in [1.807, 2.05) is 19.1 Å². The van der Waals surface area contributed by atoms with Crippen molar-refractivity contribution in [1.29, 1.82) is 0 Å². The van der Waals surface area contributed by atoms with Gasteiger partial charge in [-0.25, -0.2) is 0 Å². The maximum absolute atomic E-state index is 11.8. The standard InChI is InChI=1S/C12H14BrNO2/c1-8(7-13)14-12(15)10-2-3-11-9(6-10)4-5-16-11/h2-3,6,8H,4-5,7H2,1H3,(H,14,15). The summed E-state index contributed by atoms with van der Waals surface area (Å²) in [6.45, 7) is 2.68. The third-order valence-corrected chi connectivity index (χ3v) is 3.53. The first-order valence-corrected chi connectivity index (χ1v) is 6.45. The van der Waals surface area contributed by atoms with Crippen LogP contribution in [0, 0.1) is 0 Å². The molecule has 0 radical (unpaired) electrons. The Morgan fingerprint density at radius 1 is 1.62 bits per heavy atom. The molecule has 1 unspecified atom stereocenters. The summed E-state index contributed by atoms with van der Waals surface area (Å²) in [6, 6.07) is 5.73. The summed E-state index contributed by atoms with van der Waals surface area (Å²) in [5, 5.41) is 3.67. The Morgan fingerprint density at radius 3 is 3.19 bits per heavy atom. The molecule has 0 aliphatic carbocycles. The van der Waals surface area contributed by atoms with Crippen molar-refractivity contribution in [1.82, 2.24) is 5.32 Å². The lowest BCUT2D eigenvalue weighted by molar-refractivity contribution is 0.0944. The van der Waals surface area contributed by atoms with Gasteiger partial charge >= 0.3 is 0 Å². The van der Waals surface area contributed by atoms with Crippen molar-refractivity contribution in [2.45, 2.75) is 19.4 Å². The first-order valence-electron chi connectivity index (χ1n) is 5.33. The normalized spacial score (nSPS) is 15.1. The van der Waals surface area contributed by atoms with Crippen molar-refractivity contribution in [3.63, 3.8) is 0 Å². The van der Waals surface area contributed by atoms with Crippen molar-refractivity contribution >= 4 is 21.8 Å². The van der Waals surface area contributed by atoms with Crippen LogP contribution in [0.25, 0.3) is 0 Å². The number of alkyl halides is 1. The lowest BCUT2D eigenvalue weighted by atomic mass is 10.1. The van der Waals surface area contributed by atoms with E-state index in [4.69, 9.17) is 4.74 Å². The largest absolute Gasteiger partial charge is 0.493 e. The molecular weight excluding hydrogens is 270 g/mol. The third-order valence-electron chi connectivity index (χ3n) is 2.56. The Hall–Kier alpha value is -1.03. The second-order valence-corrected chi connectivity index (χ2v) is 4.60. The number of fused-ring (bicyclic) bond motifs is 1. The molecule has 4 heteroatoms. The number of amides is 1. The second kappa shape index (κ2) is 4.87. The van der Waals surface area contributed by atoms with Gasteiger partial charge in [-0.1, -0.05) is 15.9 Å². The van der Waals surface area contributed by atoms with Crippen LogP contribution < -0.4 is 10.1 Å². The molecule has 0 saturated heterocycles. The Labute approximate surface area is 103 Å². The lowest BCUT2D eigenvalue weighted by Crippen LogP contribution is -2.33. The van der Waals surface area contributed by atoms with Crippen LogP contribution in [0.5, 0.6) is 5.75 Å². The maximum atomic E-state index is 11.8. The number of halogens is 1. The molecule has 0 aromatic heterocycles. The quantitative estimate of drug-likeness (QED) is 0.864. The number of hydrogen-bond donors (Lipinski definition) is 1. The Kier molecular flexibility index (Phi) is 3.49. The van der Waals surface area contributed by atoms with Gasteiger partial charge in [-0.15, -0.1) is 0 Å². The number of nitrogens with one attached hydrogen (secondary N) is 1. The highest BCUT2D eigenvalue weighted by Gasteiger charge is 2.15. The van der Waals surface area contributed by atoms with E-state index in [-0.39, 0.29) is 11.9 Å². The molecule has 16 heavy (non-hydrogen) atoms. The van der Waals surface area contributed by atoms with Gasteiger partial charge in [0.1, 0.15) is 5.75 Å². The number of carbonyl (C=O) groups excluding carboxylic acids is 1. The molecule has 1 aromatic carbocycles. The monoisotopic (exact) mass is 283 g/mol. The molecule has 0 spiro atoms. The first kappa shape index (κ1) is 11.5. The number of benzene rings is 1. The molecule has 3 nitrogen and oxygen atoms in total. The average molecular weight is 284 g/mol. The van der Waals surface area contributed by atoms with Crippen LogP contribution in [0.3, 0.4) is 0 Å². The summed E-state index contributed by atoms with van der Waals surface area (Å²) >= 11 is 3.33. The fourth-order valence-electron chi connectivity index (χ4n) is 1.67. The zero-order valence-electron chi connectivity index (χ0n) is 9.13. The topological polar surface area (TPSA) is 38.3 Å². The summed E-state index contributed by atoms with van der Waals surface area (Å²) in [6.07, 6.45) is 0.893. The van der Waals surface area contributed by atoms with Crippen molar-refractivity contribution < 1.29 is 9.53 Å². The smallest absolute Gasteiger partial charge is 0.251 e. The molecule has 86 valence electrons. The molecule has 0 bridgehead atoms. The van der Waals surface area contributed by atoms with Crippen LogP contribution in [0.15, 0.2) is 18.2 Å². The zero-order valence-corrected chi connectivity index (χ0v) is 10.7. The summed E-state index contributed by atoms with van der Waals surface area (Å²) in [5.41, 5.74) is 1.83. The molecular formula is C12H14BrNO2. The predicted molar refractivity (Wildman–Crippen MR) is 66.4 cm³/mol. The van der Waals surface area contributed by atoms with Gasteiger partial charge in [0.25, 0.3) is 5.91 Å². The van der Waals surface area contributed by atoms with Gasteiger partial charge in [0.15, 0.2) is 0 Å². The second-order valence-electron chi connectivity index (χ2n) is 3.95. The fourth-order valence-corrected chi connectivity index (χ4v) is 1.84. The minimum atomic E-state index is -0.0262. The summed E-state index contributed by atoms with van der Waals surface area (Å²) in [5.74, 6) is 0.881. The van der Waals surface area contributed by atoms with E-state index < -0.39 is 0 Å². The molecule has 1 aromatic rings. The summed E-state index contributed by atoms with van der Waals surface area (Å²) in [4.78, 5) is 11.8. The van der Waals surface area contributed by atoms with Gasteiger partial charge in [-0.2, -0.15) is 0 Å². The molecule has 1 aliphatic rings. The zero-order chi connectivity index (χ0) is 11.5. The molecule has 1 heterocycles. The van der Waals surface area contributed by atoms with Crippen molar-refractivity contribution in [3.8, 4) is 5.75 Å². The Bertz CT molecular complexity index is 406. The van der Waals surface area contributed by atoms with Crippen molar-refractivity contribution in [2.24, 2.45) is 0 Å². The van der Waals surface area contributed by atoms with Crippen LogP contribution >= 0.6 is 15.9 Å². The molecule has 0 fully saturated rings. The SMILES string of the molecule is CC(CBr)NC(=O)c1ccc2c(c1)CCO2. The minimum absolute atomic E-state index is 0.0262. The summed E-state index contributed by atoms with van der Waals surface area (Å²) < 4.78 is 5.40.